The first-order valence-corrected chi connectivity index (χ1v) is 9.12. The second-order valence-electron chi connectivity index (χ2n) is 7.28. The van der Waals surface area contributed by atoms with Crippen molar-refractivity contribution < 1.29 is 0 Å². The van der Waals surface area contributed by atoms with Crippen LogP contribution in [0.5, 0.6) is 0 Å². The van der Waals surface area contributed by atoms with E-state index in [1.165, 1.54) is 54.9 Å². The molecule has 0 saturated carbocycles. The zero-order chi connectivity index (χ0) is 17.3. The first kappa shape index (κ1) is 14.0. The zero-order valence-corrected chi connectivity index (χ0v) is 14.6. The van der Waals surface area contributed by atoms with Crippen LogP contribution in [0.4, 0.5) is 0 Å². The van der Waals surface area contributed by atoms with Gasteiger partial charge in [0.15, 0.2) is 0 Å². The summed E-state index contributed by atoms with van der Waals surface area (Å²) in [4.78, 5) is 5.15. The third-order valence-electron chi connectivity index (χ3n) is 5.78. The normalized spacial score (nSPS) is 12.7. The second-order valence-corrected chi connectivity index (χ2v) is 7.28. The summed E-state index contributed by atoms with van der Waals surface area (Å²) in [6, 6.07) is 26.4. The number of rotatable bonds is 0. The number of nitrogens with zero attached hydrogens (tertiary/aromatic N) is 1. The Bertz CT molecular complexity index is 1360. The molecule has 0 N–H and O–H groups in total. The number of benzene rings is 4. The van der Waals surface area contributed by atoms with Gasteiger partial charge < -0.3 is 0 Å². The highest BCUT2D eigenvalue weighted by Gasteiger charge is 2.23. The minimum Gasteiger partial charge on any atom is -0.251 e. The molecule has 0 amide bonds. The van der Waals surface area contributed by atoms with Crippen molar-refractivity contribution in [3.05, 3.63) is 89.6 Å². The number of hydrogen-bond donors (Lipinski definition) is 0. The summed E-state index contributed by atoms with van der Waals surface area (Å²) in [7, 11) is 0. The lowest BCUT2D eigenvalue weighted by Gasteiger charge is -2.09. The highest BCUT2D eigenvalue weighted by Crippen LogP contribution is 2.41. The van der Waals surface area contributed by atoms with Gasteiger partial charge in [-0.2, -0.15) is 0 Å². The second kappa shape index (κ2) is 4.92. The smallest absolute Gasteiger partial charge is 0.0784 e. The highest BCUT2D eigenvalue weighted by atomic mass is 14.7. The van der Waals surface area contributed by atoms with Gasteiger partial charge in [0.25, 0.3) is 0 Å². The molecule has 0 saturated heterocycles. The molecular formula is C25H17N. The molecular weight excluding hydrogens is 314 g/mol. The van der Waals surface area contributed by atoms with Crippen molar-refractivity contribution in [1.82, 2.24) is 4.98 Å². The minimum absolute atomic E-state index is 0.921. The Hall–Kier alpha value is -3.19. The predicted molar refractivity (Wildman–Crippen MR) is 110 cm³/mol. The number of fused-ring (bicyclic) bond motifs is 8. The van der Waals surface area contributed by atoms with Gasteiger partial charge in [0.05, 0.1) is 11.2 Å². The molecule has 1 nitrogen and oxygen atoms in total. The molecule has 4 aromatic carbocycles. The molecule has 5 aromatic rings. The summed E-state index contributed by atoms with van der Waals surface area (Å²) >= 11 is 0. The van der Waals surface area contributed by atoms with Crippen molar-refractivity contribution in [2.75, 3.05) is 0 Å². The molecule has 0 spiro atoms. The van der Waals surface area contributed by atoms with Crippen molar-refractivity contribution in [1.29, 1.82) is 0 Å². The predicted octanol–water partition coefficient (Wildman–Crippen LogP) is 6.42. The van der Waals surface area contributed by atoms with Crippen LogP contribution in [0, 0.1) is 6.92 Å². The van der Waals surface area contributed by atoms with Gasteiger partial charge in [-0.05, 0) is 51.9 Å². The van der Waals surface area contributed by atoms with Crippen molar-refractivity contribution in [2.45, 2.75) is 13.3 Å². The van der Waals surface area contributed by atoms with Gasteiger partial charge in [0.1, 0.15) is 0 Å². The Morgan fingerprint density at radius 3 is 2.35 bits per heavy atom. The van der Waals surface area contributed by atoms with Crippen LogP contribution in [0.15, 0.2) is 72.8 Å². The maximum atomic E-state index is 5.15. The average molecular weight is 331 g/mol. The van der Waals surface area contributed by atoms with Crippen LogP contribution >= 0.6 is 0 Å². The molecule has 0 fully saturated rings. The molecule has 6 rings (SSSR count). The number of hydrogen-bond acceptors (Lipinski definition) is 1. The average Bonchev–Trinajstić information content (AvgIpc) is 3.05. The van der Waals surface area contributed by atoms with E-state index in [4.69, 9.17) is 4.98 Å². The van der Waals surface area contributed by atoms with Gasteiger partial charge in [0.2, 0.25) is 0 Å². The monoisotopic (exact) mass is 331 g/mol. The van der Waals surface area contributed by atoms with Crippen LogP contribution < -0.4 is 0 Å². The van der Waals surface area contributed by atoms with Crippen LogP contribution in [0.1, 0.15) is 16.8 Å². The molecule has 0 atom stereocenters. The van der Waals surface area contributed by atoms with E-state index in [1.54, 1.807) is 0 Å². The summed E-state index contributed by atoms with van der Waals surface area (Å²) in [5.74, 6) is 0. The summed E-state index contributed by atoms with van der Waals surface area (Å²) in [6.07, 6.45) is 0.921. The fourth-order valence-electron chi connectivity index (χ4n) is 4.55. The van der Waals surface area contributed by atoms with E-state index in [-0.39, 0.29) is 0 Å². The molecule has 1 aromatic heterocycles. The summed E-state index contributed by atoms with van der Waals surface area (Å²) in [5.41, 5.74) is 7.71. The third kappa shape index (κ3) is 1.78. The van der Waals surface area contributed by atoms with Crippen molar-refractivity contribution in [3.8, 4) is 11.1 Å². The van der Waals surface area contributed by atoms with Crippen molar-refractivity contribution in [3.63, 3.8) is 0 Å². The maximum Gasteiger partial charge on any atom is 0.0784 e. The lowest BCUT2D eigenvalue weighted by atomic mass is 9.97. The largest absolute Gasteiger partial charge is 0.251 e. The number of aromatic nitrogens is 1. The van der Waals surface area contributed by atoms with E-state index in [9.17, 15) is 0 Å². The molecule has 26 heavy (non-hydrogen) atoms. The minimum atomic E-state index is 0.921. The van der Waals surface area contributed by atoms with E-state index in [2.05, 4.69) is 79.7 Å². The Morgan fingerprint density at radius 2 is 1.46 bits per heavy atom. The van der Waals surface area contributed by atoms with Crippen LogP contribution in [-0.2, 0) is 6.42 Å². The van der Waals surface area contributed by atoms with E-state index >= 15 is 0 Å². The summed E-state index contributed by atoms with van der Waals surface area (Å²) < 4.78 is 0. The third-order valence-corrected chi connectivity index (χ3v) is 5.78. The Labute approximate surface area is 151 Å². The summed E-state index contributed by atoms with van der Waals surface area (Å²) in [6.45, 7) is 2.19. The van der Waals surface area contributed by atoms with E-state index in [0.29, 0.717) is 0 Å². The Balaban J connectivity index is 1.70. The first-order valence-electron chi connectivity index (χ1n) is 9.12. The molecule has 1 heterocycles. The molecule has 0 aliphatic heterocycles. The van der Waals surface area contributed by atoms with Crippen LogP contribution in [0.25, 0.3) is 43.6 Å². The van der Waals surface area contributed by atoms with Gasteiger partial charge in [0, 0.05) is 22.8 Å². The van der Waals surface area contributed by atoms with Crippen molar-refractivity contribution in [2.24, 2.45) is 0 Å². The Morgan fingerprint density at radius 1 is 0.692 bits per heavy atom. The van der Waals surface area contributed by atoms with Gasteiger partial charge in [-0.15, -0.1) is 0 Å². The van der Waals surface area contributed by atoms with Crippen LogP contribution in [0.2, 0.25) is 0 Å². The lowest BCUT2D eigenvalue weighted by molar-refractivity contribution is 1.16. The molecule has 1 aliphatic rings. The van der Waals surface area contributed by atoms with Crippen LogP contribution in [-0.4, -0.2) is 4.98 Å². The SMILES string of the molecule is Cc1cc2cc3c(nc2c2ccccc12)Cc1c-3ccc2ccccc12. The van der Waals surface area contributed by atoms with Gasteiger partial charge in [-0.3, -0.25) is 4.98 Å². The van der Waals surface area contributed by atoms with E-state index in [1.807, 2.05) is 0 Å². The molecule has 0 radical (unpaired) electrons. The summed E-state index contributed by atoms with van der Waals surface area (Å²) in [5, 5.41) is 6.46. The molecule has 0 bridgehead atoms. The standard InChI is InChI=1S/C25H17N/c1-15-12-17-13-23-20-11-10-16-6-2-3-8-19(16)22(20)14-24(23)26-25(17)21-9-5-4-7-18(15)21/h2-13H,14H2,1H3. The van der Waals surface area contributed by atoms with Crippen LogP contribution in [0.3, 0.4) is 0 Å². The molecule has 1 heteroatoms. The Kier molecular flexibility index (Phi) is 2.66. The fourth-order valence-corrected chi connectivity index (χ4v) is 4.55. The number of pyridine rings is 1. The van der Waals surface area contributed by atoms with E-state index < -0.39 is 0 Å². The zero-order valence-electron chi connectivity index (χ0n) is 14.6. The molecule has 122 valence electrons. The topological polar surface area (TPSA) is 12.9 Å². The first-order chi connectivity index (χ1) is 12.8. The maximum absolute atomic E-state index is 5.15. The van der Waals surface area contributed by atoms with E-state index in [0.717, 1.165) is 11.9 Å². The fraction of sp³-hybridized carbons (Fsp3) is 0.0800. The lowest BCUT2D eigenvalue weighted by Crippen LogP contribution is -1.91. The number of aryl methyl sites for hydroxylation is 1. The van der Waals surface area contributed by atoms with Gasteiger partial charge >= 0.3 is 0 Å². The quantitative estimate of drug-likeness (QED) is 0.293. The van der Waals surface area contributed by atoms with Gasteiger partial charge in [-0.25, -0.2) is 0 Å². The van der Waals surface area contributed by atoms with Crippen molar-refractivity contribution >= 4 is 32.4 Å². The molecule has 1 aliphatic carbocycles. The molecule has 0 unspecified atom stereocenters. The highest BCUT2D eigenvalue weighted by molar-refractivity contribution is 6.08. The van der Waals surface area contributed by atoms with Gasteiger partial charge in [-0.1, -0.05) is 60.7 Å².